The van der Waals surface area contributed by atoms with Crippen molar-refractivity contribution in [2.24, 2.45) is 5.92 Å². The molecule has 0 spiro atoms. The van der Waals surface area contributed by atoms with Crippen molar-refractivity contribution in [3.63, 3.8) is 0 Å². The van der Waals surface area contributed by atoms with E-state index in [9.17, 15) is 0 Å². The molecule has 0 atom stereocenters. The zero-order chi connectivity index (χ0) is 11.6. The van der Waals surface area contributed by atoms with Crippen molar-refractivity contribution < 1.29 is 4.70 Å². The molecule has 1 aliphatic rings. The molecule has 0 aromatic heterocycles. The average Bonchev–Trinajstić information content (AvgIpc) is 2.30. The highest BCUT2D eigenvalue weighted by Gasteiger charge is 2.14. The van der Waals surface area contributed by atoms with E-state index in [-0.39, 0.29) is 4.70 Å². The second-order valence-electron chi connectivity index (χ2n) is 5.65. The first-order valence-corrected chi connectivity index (χ1v) is 7.55. The Morgan fingerprint density at radius 1 is 0.882 bits per heavy atom. The Morgan fingerprint density at radius 2 is 1.41 bits per heavy atom. The lowest BCUT2D eigenvalue weighted by molar-refractivity contribution is 0.189. The van der Waals surface area contributed by atoms with E-state index in [0.29, 0.717) is 0 Å². The minimum absolute atomic E-state index is 0. The van der Waals surface area contributed by atoms with Gasteiger partial charge in [-0.05, 0) is 44.8 Å². The Labute approximate surface area is 107 Å². The Morgan fingerprint density at radius 3 is 2.00 bits per heavy atom. The Kier molecular flexibility index (Phi) is 10.9. The van der Waals surface area contributed by atoms with Gasteiger partial charge in [0.15, 0.2) is 0 Å². The van der Waals surface area contributed by atoms with Crippen molar-refractivity contribution in [1.82, 2.24) is 4.90 Å². The highest BCUT2D eigenvalue weighted by Crippen LogP contribution is 2.16. The lowest BCUT2D eigenvalue weighted by Gasteiger charge is -2.30. The van der Waals surface area contributed by atoms with Crippen LogP contribution in [0.5, 0.6) is 0 Å². The van der Waals surface area contributed by atoms with Crippen LogP contribution in [0.3, 0.4) is 0 Å². The molecule has 0 radical (unpaired) electrons. The number of hydrogen-bond acceptors (Lipinski definition) is 1. The molecule has 0 unspecified atom stereocenters. The lowest BCUT2D eigenvalue weighted by Crippen LogP contribution is -2.33. The molecule has 0 aromatic carbocycles. The number of halogens is 1. The maximum absolute atomic E-state index is 2.67. The van der Waals surface area contributed by atoms with Gasteiger partial charge >= 0.3 is 0 Å². The molecular formula is C15H32FN. The summed E-state index contributed by atoms with van der Waals surface area (Å²) in [5.74, 6) is 0.977. The first kappa shape index (κ1) is 16.9. The van der Waals surface area contributed by atoms with E-state index < -0.39 is 0 Å². The van der Waals surface area contributed by atoms with Crippen LogP contribution in [0.4, 0.5) is 4.70 Å². The summed E-state index contributed by atoms with van der Waals surface area (Å²) < 4.78 is 0. The standard InChI is InChI=1S/C15H31N.FH/c1-3-4-5-6-7-8-9-12-16-13-10-15(2)11-14-16;/h15H,3-14H2,1-2H3;1H. The van der Waals surface area contributed by atoms with Crippen LogP contribution in [-0.4, -0.2) is 24.5 Å². The second-order valence-corrected chi connectivity index (χ2v) is 5.65. The molecule has 0 N–H and O–H groups in total. The number of unbranched alkanes of at least 4 members (excludes halogenated alkanes) is 6. The van der Waals surface area contributed by atoms with E-state index in [4.69, 9.17) is 0 Å². The van der Waals surface area contributed by atoms with E-state index >= 15 is 0 Å². The van der Waals surface area contributed by atoms with Gasteiger partial charge in [0.05, 0.1) is 0 Å². The number of piperidine rings is 1. The normalized spacial score (nSPS) is 18.0. The first-order chi connectivity index (χ1) is 7.83. The summed E-state index contributed by atoms with van der Waals surface area (Å²) in [6.45, 7) is 8.76. The second kappa shape index (κ2) is 11.0. The van der Waals surface area contributed by atoms with Gasteiger partial charge < -0.3 is 4.90 Å². The fourth-order valence-corrected chi connectivity index (χ4v) is 2.58. The zero-order valence-corrected chi connectivity index (χ0v) is 11.9. The number of likely N-dealkylation sites (tertiary alicyclic amines) is 1. The molecule has 0 amide bonds. The van der Waals surface area contributed by atoms with Gasteiger partial charge in [-0.15, -0.1) is 0 Å². The van der Waals surface area contributed by atoms with E-state index in [0.717, 1.165) is 5.92 Å². The summed E-state index contributed by atoms with van der Waals surface area (Å²) in [5, 5.41) is 0. The Bertz CT molecular complexity index is 153. The lowest BCUT2D eigenvalue weighted by atomic mass is 9.99. The van der Waals surface area contributed by atoms with Crippen LogP contribution in [0.15, 0.2) is 0 Å². The minimum Gasteiger partial charge on any atom is -0.303 e. The molecule has 0 saturated carbocycles. The third-order valence-electron chi connectivity index (χ3n) is 3.95. The molecule has 1 saturated heterocycles. The molecule has 1 aliphatic heterocycles. The largest absolute Gasteiger partial charge is 0.303 e. The van der Waals surface area contributed by atoms with Crippen LogP contribution in [0, 0.1) is 5.92 Å². The fraction of sp³-hybridized carbons (Fsp3) is 1.00. The number of hydrogen-bond donors (Lipinski definition) is 0. The van der Waals surface area contributed by atoms with Crippen LogP contribution in [0.2, 0.25) is 0 Å². The molecule has 1 rings (SSSR count). The maximum atomic E-state index is 2.67. The number of rotatable bonds is 8. The molecular weight excluding hydrogens is 213 g/mol. The van der Waals surface area contributed by atoms with Crippen LogP contribution in [0.1, 0.15) is 71.6 Å². The van der Waals surface area contributed by atoms with Gasteiger partial charge in [0, 0.05) is 0 Å². The van der Waals surface area contributed by atoms with Crippen LogP contribution < -0.4 is 0 Å². The molecule has 1 nitrogen and oxygen atoms in total. The molecule has 17 heavy (non-hydrogen) atoms. The Hall–Kier alpha value is -0.110. The van der Waals surface area contributed by atoms with E-state index in [1.54, 1.807) is 0 Å². The molecule has 1 heterocycles. The fourth-order valence-electron chi connectivity index (χ4n) is 2.58. The van der Waals surface area contributed by atoms with Crippen LogP contribution >= 0.6 is 0 Å². The average molecular weight is 245 g/mol. The van der Waals surface area contributed by atoms with Gasteiger partial charge in [-0.3, -0.25) is 4.70 Å². The molecule has 0 bridgehead atoms. The zero-order valence-electron chi connectivity index (χ0n) is 11.9. The quantitative estimate of drug-likeness (QED) is 0.564. The topological polar surface area (TPSA) is 3.24 Å². The van der Waals surface area contributed by atoms with E-state index in [1.807, 2.05) is 0 Å². The summed E-state index contributed by atoms with van der Waals surface area (Å²) in [4.78, 5) is 2.67. The van der Waals surface area contributed by atoms with Crippen LogP contribution in [-0.2, 0) is 0 Å². The summed E-state index contributed by atoms with van der Waals surface area (Å²) in [7, 11) is 0. The number of nitrogens with zero attached hydrogens (tertiary/aromatic N) is 1. The van der Waals surface area contributed by atoms with Crippen molar-refractivity contribution in [3.8, 4) is 0 Å². The molecule has 0 aliphatic carbocycles. The van der Waals surface area contributed by atoms with Crippen molar-refractivity contribution in [3.05, 3.63) is 0 Å². The summed E-state index contributed by atoms with van der Waals surface area (Å²) in [5.41, 5.74) is 0. The molecule has 2 heteroatoms. The van der Waals surface area contributed by atoms with Crippen molar-refractivity contribution in [2.45, 2.75) is 71.6 Å². The third kappa shape index (κ3) is 8.59. The van der Waals surface area contributed by atoms with Gasteiger partial charge in [0.25, 0.3) is 0 Å². The van der Waals surface area contributed by atoms with Gasteiger partial charge in [-0.1, -0.05) is 52.4 Å². The molecule has 0 aromatic rings. The first-order valence-electron chi connectivity index (χ1n) is 7.55. The molecule has 1 fully saturated rings. The summed E-state index contributed by atoms with van der Waals surface area (Å²) in [6, 6.07) is 0. The summed E-state index contributed by atoms with van der Waals surface area (Å²) >= 11 is 0. The highest BCUT2D eigenvalue weighted by atomic mass is 19.0. The maximum Gasteiger partial charge on any atom is -0.00162 e. The predicted molar refractivity (Wildman–Crippen MR) is 75.3 cm³/mol. The highest BCUT2D eigenvalue weighted by molar-refractivity contribution is 4.69. The van der Waals surface area contributed by atoms with Crippen molar-refractivity contribution >= 4 is 0 Å². The monoisotopic (exact) mass is 245 g/mol. The Balaban J connectivity index is 0.00000256. The van der Waals surface area contributed by atoms with Gasteiger partial charge in [-0.2, -0.15) is 0 Å². The van der Waals surface area contributed by atoms with Gasteiger partial charge in [0.2, 0.25) is 0 Å². The van der Waals surface area contributed by atoms with Gasteiger partial charge in [-0.25, -0.2) is 0 Å². The van der Waals surface area contributed by atoms with Crippen molar-refractivity contribution in [1.29, 1.82) is 0 Å². The minimum atomic E-state index is 0. The third-order valence-corrected chi connectivity index (χ3v) is 3.95. The van der Waals surface area contributed by atoms with Crippen LogP contribution in [0.25, 0.3) is 0 Å². The van der Waals surface area contributed by atoms with Gasteiger partial charge in [0.1, 0.15) is 0 Å². The SMILES string of the molecule is CCCCCCCCCN1CCC(C)CC1.F. The smallest absolute Gasteiger partial charge is 0.00162 e. The van der Waals surface area contributed by atoms with E-state index in [1.165, 1.54) is 77.4 Å². The predicted octanol–water partition coefficient (Wildman–Crippen LogP) is 4.62. The van der Waals surface area contributed by atoms with E-state index in [2.05, 4.69) is 18.7 Å². The summed E-state index contributed by atoms with van der Waals surface area (Å²) in [6.07, 6.45) is 12.9. The van der Waals surface area contributed by atoms with Crippen molar-refractivity contribution in [2.75, 3.05) is 19.6 Å². The molecule has 104 valence electrons.